The molecule has 2 aromatic heterocycles. The lowest BCUT2D eigenvalue weighted by Gasteiger charge is -2.04. The van der Waals surface area contributed by atoms with Gasteiger partial charge in [-0.15, -0.1) is 10.2 Å². The zero-order valence-electron chi connectivity index (χ0n) is 11.8. The summed E-state index contributed by atoms with van der Waals surface area (Å²) in [5, 5.41) is 15.4. The lowest BCUT2D eigenvalue weighted by atomic mass is 10.4. The van der Waals surface area contributed by atoms with Gasteiger partial charge in [0.1, 0.15) is 0 Å². The lowest BCUT2D eigenvalue weighted by Crippen LogP contribution is -2.25. The quantitative estimate of drug-likeness (QED) is 0.661. The van der Waals surface area contributed by atoms with Gasteiger partial charge in [-0.2, -0.15) is 4.80 Å². The summed E-state index contributed by atoms with van der Waals surface area (Å²) in [7, 11) is 0. The molecule has 0 spiro atoms. The van der Waals surface area contributed by atoms with Crippen LogP contribution in [0.2, 0.25) is 0 Å². The molecule has 2 rings (SSSR count). The standard InChI is InChI=1S/C13H21N5O2/c1-2-3-9-19-11-7-14-6-8-18-16-13(15-17-18)12-5-4-10-20-12/h4-5,10,14H,2-3,6-9,11H2,1H3. The number of aromatic nitrogens is 4. The average Bonchev–Trinajstić information content (AvgIpc) is 3.12. The van der Waals surface area contributed by atoms with Gasteiger partial charge in [-0.1, -0.05) is 13.3 Å². The fourth-order valence-corrected chi connectivity index (χ4v) is 1.64. The van der Waals surface area contributed by atoms with Crippen LogP contribution >= 0.6 is 0 Å². The van der Waals surface area contributed by atoms with Crippen molar-refractivity contribution < 1.29 is 9.15 Å². The molecule has 0 fully saturated rings. The van der Waals surface area contributed by atoms with Crippen LogP contribution in [0.1, 0.15) is 19.8 Å². The van der Waals surface area contributed by atoms with Crippen LogP contribution in [0.5, 0.6) is 0 Å². The number of furan rings is 1. The molecule has 2 heterocycles. The maximum absolute atomic E-state index is 5.45. The molecule has 0 amide bonds. The summed E-state index contributed by atoms with van der Waals surface area (Å²) in [6.45, 7) is 6.03. The van der Waals surface area contributed by atoms with Gasteiger partial charge in [0.25, 0.3) is 0 Å². The average molecular weight is 279 g/mol. The largest absolute Gasteiger partial charge is 0.461 e. The van der Waals surface area contributed by atoms with Crippen LogP contribution in [-0.2, 0) is 11.3 Å². The normalized spacial score (nSPS) is 11.1. The molecule has 0 saturated carbocycles. The molecule has 0 aromatic carbocycles. The maximum atomic E-state index is 5.45. The van der Waals surface area contributed by atoms with E-state index in [0.29, 0.717) is 18.1 Å². The first-order valence-corrected chi connectivity index (χ1v) is 7.00. The Balaban J connectivity index is 1.58. The van der Waals surface area contributed by atoms with Crippen molar-refractivity contribution in [2.24, 2.45) is 0 Å². The third kappa shape index (κ3) is 4.75. The molecule has 110 valence electrons. The minimum absolute atomic E-state index is 0.512. The zero-order chi connectivity index (χ0) is 14.0. The van der Waals surface area contributed by atoms with Crippen molar-refractivity contribution in [2.75, 3.05) is 26.3 Å². The molecule has 7 nitrogen and oxygen atoms in total. The van der Waals surface area contributed by atoms with Crippen molar-refractivity contribution in [1.82, 2.24) is 25.5 Å². The number of nitrogens with zero attached hydrogens (tertiary/aromatic N) is 4. The minimum Gasteiger partial charge on any atom is -0.461 e. The van der Waals surface area contributed by atoms with Gasteiger partial charge in [0.2, 0.25) is 5.82 Å². The van der Waals surface area contributed by atoms with Crippen molar-refractivity contribution >= 4 is 0 Å². The Labute approximate surface area is 118 Å². The molecule has 0 bridgehead atoms. The number of unbranched alkanes of at least 4 members (excludes halogenated alkanes) is 1. The lowest BCUT2D eigenvalue weighted by molar-refractivity contribution is 0.133. The van der Waals surface area contributed by atoms with E-state index < -0.39 is 0 Å². The Morgan fingerprint density at radius 3 is 3.10 bits per heavy atom. The molecular formula is C13H21N5O2. The molecule has 7 heteroatoms. The van der Waals surface area contributed by atoms with Crippen LogP contribution in [0.25, 0.3) is 11.6 Å². The number of tetrazole rings is 1. The Hall–Kier alpha value is -1.73. The predicted molar refractivity (Wildman–Crippen MR) is 74.1 cm³/mol. The highest BCUT2D eigenvalue weighted by molar-refractivity contribution is 5.43. The van der Waals surface area contributed by atoms with Crippen molar-refractivity contribution in [3.63, 3.8) is 0 Å². The summed E-state index contributed by atoms with van der Waals surface area (Å²) in [4.78, 5) is 1.56. The van der Waals surface area contributed by atoms with Crippen LogP contribution in [0.3, 0.4) is 0 Å². The molecular weight excluding hydrogens is 258 g/mol. The highest BCUT2D eigenvalue weighted by Crippen LogP contribution is 2.12. The van der Waals surface area contributed by atoms with Gasteiger partial charge in [0.05, 0.1) is 19.4 Å². The maximum Gasteiger partial charge on any atom is 0.240 e. The van der Waals surface area contributed by atoms with Crippen LogP contribution in [0.15, 0.2) is 22.8 Å². The third-order valence-electron chi connectivity index (χ3n) is 2.75. The number of rotatable bonds is 10. The van der Waals surface area contributed by atoms with E-state index in [2.05, 4.69) is 27.7 Å². The summed E-state index contributed by atoms with van der Waals surface area (Å²) < 4.78 is 10.7. The van der Waals surface area contributed by atoms with Crippen LogP contribution in [-0.4, -0.2) is 46.5 Å². The molecule has 2 aromatic rings. The first kappa shape index (κ1) is 14.7. The molecule has 0 aliphatic carbocycles. The highest BCUT2D eigenvalue weighted by atomic mass is 16.5. The van der Waals surface area contributed by atoms with Crippen molar-refractivity contribution in [1.29, 1.82) is 0 Å². The first-order chi connectivity index (χ1) is 9.90. The van der Waals surface area contributed by atoms with E-state index in [4.69, 9.17) is 9.15 Å². The molecule has 0 saturated heterocycles. The van der Waals surface area contributed by atoms with E-state index in [9.17, 15) is 0 Å². The number of ether oxygens (including phenoxy) is 1. The second kappa shape index (κ2) is 8.44. The molecule has 0 aliphatic heterocycles. The first-order valence-electron chi connectivity index (χ1n) is 7.00. The monoisotopic (exact) mass is 279 g/mol. The van der Waals surface area contributed by atoms with Gasteiger partial charge >= 0.3 is 0 Å². The summed E-state index contributed by atoms with van der Waals surface area (Å²) in [6, 6.07) is 3.61. The Kier molecular flexibility index (Phi) is 6.19. The number of nitrogens with one attached hydrogen (secondary N) is 1. The van der Waals surface area contributed by atoms with Crippen molar-refractivity contribution in [3.05, 3.63) is 18.4 Å². The second-order valence-corrected chi connectivity index (χ2v) is 4.40. The molecule has 0 atom stereocenters. The van der Waals surface area contributed by atoms with Crippen molar-refractivity contribution in [2.45, 2.75) is 26.3 Å². The van der Waals surface area contributed by atoms with Gasteiger partial charge in [0.15, 0.2) is 5.76 Å². The summed E-state index contributed by atoms with van der Waals surface area (Å²) in [6.07, 6.45) is 3.89. The Morgan fingerprint density at radius 1 is 1.35 bits per heavy atom. The van der Waals surface area contributed by atoms with E-state index in [1.165, 1.54) is 6.42 Å². The summed E-state index contributed by atoms with van der Waals surface area (Å²) in [5.41, 5.74) is 0. The second-order valence-electron chi connectivity index (χ2n) is 4.40. The third-order valence-corrected chi connectivity index (χ3v) is 2.75. The topological polar surface area (TPSA) is 78.0 Å². The Bertz CT molecular complexity index is 469. The van der Waals surface area contributed by atoms with Crippen molar-refractivity contribution in [3.8, 4) is 11.6 Å². The highest BCUT2D eigenvalue weighted by Gasteiger charge is 2.07. The van der Waals surface area contributed by atoms with Gasteiger partial charge in [-0.3, -0.25) is 0 Å². The van der Waals surface area contributed by atoms with E-state index in [1.807, 2.05) is 6.07 Å². The predicted octanol–water partition coefficient (Wildman–Crippen LogP) is 1.34. The van der Waals surface area contributed by atoms with Crippen LogP contribution in [0, 0.1) is 0 Å². The zero-order valence-corrected chi connectivity index (χ0v) is 11.8. The molecule has 20 heavy (non-hydrogen) atoms. The van der Waals surface area contributed by atoms with Gasteiger partial charge in [0, 0.05) is 19.7 Å². The van der Waals surface area contributed by atoms with E-state index >= 15 is 0 Å². The molecule has 0 unspecified atom stereocenters. The minimum atomic E-state index is 0.512. The smallest absolute Gasteiger partial charge is 0.240 e. The molecule has 1 N–H and O–H groups in total. The van der Waals surface area contributed by atoms with Crippen LogP contribution < -0.4 is 5.32 Å². The van der Waals surface area contributed by atoms with E-state index in [-0.39, 0.29) is 0 Å². The SMILES string of the molecule is CCCCOCCNCCn1nnc(-c2ccco2)n1. The van der Waals surface area contributed by atoms with Gasteiger partial charge < -0.3 is 14.5 Å². The Morgan fingerprint density at radius 2 is 2.30 bits per heavy atom. The summed E-state index contributed by atoms with van der Waals surface area (Å²) >= 11 is 0. The van der Waals surface area contributed by atoms with Gasteiger partial charge in [-0.05, 0) is 23.8 Å². The molecule has 0 radical (unpaired) electrons. The fourth-order valence-electron chi connectivity index (χ4n) is 1.64. The summed E-state index contributed by atoms with van der Waals surface area (Å²) in [5.74, 6) is 1.14. The van der Waals surface area contributed by atoms with Gasteiger partial charge in [-0.25, -0.2) is 0 Å². The number of hydrogen-bond donors (Lipinski definition) is 1. The molecule has 0 aliphatic rings. The van der Waals surface area contributed by atoms with Crippen LogP contribution in [0.4, 0.5) is 0 Å². The van der Waals surface area contributed by atoms with E-state index in [1.54, 1.807) is 17.1 Å². The van der Waals surface area contributed by atoms with E-state index in [0.717, 1.165) is 32.7 Å². The number of hydrogen-bond acceptors (Lipinski definition) is 6. The fraction of sp³-hybridized carbons (Fsp3) is 0.615.